The third-order valence-electron chi connectivity index (χ3n) is 2.90. The molecular weight excluding hydrogens is 192 g/mol. The largest absolute Gasteiger partial charge is 0.328 e. The maximum absolute atomic E-state index is 11.8. The van der Waals surface area contributed by atoms with Gasteiger partial charge in [0.15, 0.2) is 0 Å². The maximum Gasteiger partial charge on any atom is 0.228 e. The van der Waals surface area contributed by atoms with E-state index in [1.54, 1.807) is 12.3 Å². The average Bonchev–Trinajstić information content (AvgIpc) is 2.71. The van der Waals surface area contributed by atoms with E-state index < -0.39 is 0 Å². The first-order chi connectivity index (χ1) is 7.25. The number of nitrogens with two attached hydrogens (primary N) is 1. The van der Waals surface area contributed by atoms with Crippen LogP contribution in [-0.2, 0) is 4.79 Å². The summed E-state index contributed by atoms with van der Waals surface area (Å²) >= 11 is 0. The number of carbonyl (C=O) groups is 1. The molecule has 82 valence electrons. The number of anilines is 1. The van der Waals surface area contributed by atoms with E-state index in [9.17, 15) is 4.79 Å². The minimum Gasteiger partial charge on any atom is -0.328 e. The molecule has 0 spiro atoms. The molecule has 0 bridgehead atoms. The number of aromatic amines is 1. The van der Waals surface area contributed by atoms with Crippen molar-refractivity contribution in [2.75, 3.05) is 5.32 Å². The molecule has 0 aromatic carbocycles. The molecule has 0 radical (unpaired) electrons. The topological polar surface area (TPSA) is 83.8 Å². The van der Waals surface area contributed by atoms with E-state index in [0.717, 1.165) is 25.7 Å². The van der Waals surface area contributed by atoms with Gasteiger partial charge in [-0.3, -0.25) is 9.89 Å². The van der Waals surface area contributed by atoms with Gasteiger partial charge in [0.25, 0.3) is 0 Å². The predicted molar refractivity (Wildman–Crippen MR) is 57.2 cm³/mol. The molecule has 0 atom stereocenters. The van der Waals surface area contributed by atoms with Gasteiger partial charge in [-0.15, -0.1) is 0 Å². The highest BCUT2D eigenvalue weighted by Crippen LogP contribution is 2.24. The van der Waals surface area contributed by atoms with Crippen molar-refractivity contribution in [3.05, 3.63) is 12.3 Å². The van der Waals surface area contributed by atoms with Crippen molar-refractivity contribution in [2.45, 2.75) is 31.7 Å². The summed E-state index contributed by atoms with van der Waals surface area (Å²) in [6.07, 6.45) is 5.29. The van der Waals surface area contributed by atoms with Gasteiger partial charge >= 0.3 is 0 Å². The van der Waals surface area contributed by atoms with Gasteiger partial charge in [0, 0.05) is 18.0 Å². The quantitative estimate of drug-likeness (QED) is 0.674. The summed E-state index contributed by atoms with van der Waals surface area (Å²) in [5, 5.41) is 9.29. The number of hydrogen-bond donors (Lipinski definition) is 3. The lowest BCUT2D eigenvalue weighted by atomic mass is 9.86. The van der Waals surface area contributed by atoms with E-state index in [2.05, 4.69) is 15.5 Å². The fraction of sp³-hybridized carbons (Fsp3) is 0.600. The third kappa shape index (κ3) is 2.56. The van der Waals surface area contributed by atoms with Crippen molar-refractivity contribution < 1.29 is 4.79 Å². The first kappa shape index (κ1) is 10.2. The molecule has 0 saturated heterocycles. The van der Waals surface area contributed by atoms with E-state index in [1.165, 1.54) is 0 Å². The monoisotopic (exact) mass is 208 g/mol. The fourth-order valence-electron chi connectivity index (χ4n) is 1.94. The van der Waals surface area contributed by atoms with Crippen LogP contribution >= 0.6 is 0 Å². The Kier molecular flexibility index (Phi) is 3.01. The second-order valence-electron chi connectivity index (χ2n) is 4.07. The number of H-pyrrole nitrogens is 1. The summed E-state index contributed by atoms with van der Waals surface area (Å²) in [5.74, 6) is 0.842. The lowest BCUT2D eigenvalue weighted by molar-refractivity contribution is -0.120. The lowest BCUT2D eigenvalue weighted by Crippen LogP contribution is -2.32. The zero-order valence-electron chi connectivity index (χ0n) is 8.57. The van der Waals surface area contributed by atoms with Crippen LogP contribution in [0.15, 0.2) is 12.3 Å². The SMILES string of the molecule is NC1CCC(C(=O)Nc2ccn[nH]2)CC1. The molecular formula is C10H16N4O. The minimum atomic E-state index is 0.0751. The fourth-order valence-corrected chi connectivity index (χ4v) is 1.94. The molecule has 1 amide bonds. The van der Waals surface area contributed by atoms with Crippen LogP contribution in [0.3, 0.4) is 0 Å². The Labute approximate surface area is 88.4 Å². The molecule has 5 nitrogen and oxygen atoms in total. The number of hydrogen-bond acceptors (Lipinski definition) is 3. The summed E-state index contributed by atoms with van der Waals surface area (Å²) in [7, 11) is 0. The summed E-state index contributed by atoms with van der Waals surface area (Å²) < 4.78 is 0. The van der Waals surface area contributed by atoms with Crippen LogP contribution in [0.2, 0.25) is 0 Å². The van der Waals surface area contributed by atoms with Crippen molar-refractivity contribution in [3.63, 3.8) is 0 Å². The standard InChI is InChI=1S/C10H16N4O/c11-8-3-1-7(2-4-8)10(15)13-9-5-6-12-14-9/h5-8H,1-4,11H2,(H2,12,13,14,15). The molecule has 1 aliphatic rings. The number of nitrogens with zero attached hydrogens (tertiary/aromatic N) is 1. The van der Waals surface area contributed by atoms with Crippen LogP contribution in [0.5, 0.6) is 0 Å². The first-order valence-electron chi connectivity index (χ1n) is 5.31. The molecule has 0 aliphatic heterocycles. The number of aromatic nitrogens is 2. The zero-order chi connectivity index (χ0) is 10.7. The van der Waals surface area contributed by atoms with E-state index in [1.807, 2.05) is 0 Å². The van der Waals surface area contributed by atoms with Gasteiger partial charge in [-0.1, -0.05) is 0 Å². The summed E-state index contributed by atoms with van der Waals surface area (Å²) in [5.41, 5.74) is 5.79. The van der Waals surface area contributed by atoms with Gasteiger partial charge < -0.3 is 11.1 Å². The molecule has 1 aromatic heterocycles. The highest BCUT2D eigenvalue weighted by Gasteiger charge is 2.24. The molecule has 1 heterocycles. The van der Waals surface area contributed by atoms with Crippen LogP contribution in [0.25, 0.3) is 0 Å². The minimum absolute atomic E-state index is 0.0751. The molecule has 1 aromatic rings. The smallest absolute Gasteiger partial charge is 0.228 e. The van der Waals surface area contributed by atoms with Gasteiger partial charge in [-0.05, 0) is 25.7 Å². The average molecular weight is 208 g/mol. The second kappa shape index (κ2) is 4.44. The Hall–Kier alpha value is -1.36. The van der Waals surface area contributed by atoms with Gasteiger partial charge in [-0.2, -0.15) is 5.10 Å². The summed E-state index contributed by atoms with van der Waals surface area (Å²) in [6, 6.07) is 2.02. The molecule has 1 saturated carbocycles. The Morgan fingerprint density at radius 3 is 2.80 bits per heavy atom. The Morgan fingerprint density at radius 2 is 2.20 bits per heavy atom. The van der Waals surface area contributed by atoms with E-state index in [0.29, 0.717) is 5.82 Å². The highest BCUT2D eigenvalue weighted by atomic mass is 16.1. The van der Waals surface area contributed by atoms with Crippen molar-refractivity contribution in [1.82, 2.24) is 10.2 Å². The number of rotatable bonds is 2. The van der Waals surface area contributed by atoms with Crippen molar-refractivity contribution in [3.8, 4) is 0 Å². The van der Waals surface area contributed by atoms with Crippen LogP contribution in [0, 0.1) is 5.92 Å². The normalized spacial score (nSPS) is 26.2. The van der Waals surface area contributed by atoms with E-state index in [-0.39, 0.29) is 17.9 Å². The van der Waals surface area contributed by atoms with Gasteiger partial charge in [0.1, 0.15) is 5.82 Å². The first-order valence-corrected chi connectivity index (χ1v) is 5.31. The van der Waals surface area contributed by atoms with Crippen molar-refractivity contribution >= 4 is 11.7 Å². The Bertz CT molecular complexity index is 314. The van der Waals surface area contributed by atoms with Crippen LogP contribution in [0.1, 0.15) is 25.7 Å². The van der Waals surface area contributed by atoms with Crippen molar-refractivity contribution in [2.24, 2.45) is 11.7 Å². The molecule has 0 unspecified atom stereocenters. The summed E-state index contributed by atoms with van der Waals surface area (Å²) in [4.78, 5) is 11.8. The molecule has 5 heteroatoms. The van der Waals surface area contributed by atoms with Crippen LogP contribution in [0.4, 0.5) is 5.82 Å². The van der Waals surface area contributed by atoms with E-state index >= 15 is 0 Å². The highest BCUT2D eigenvalue weighted by molar-refractivity contribution is 5.91. The molecule has 1 fully saturated rings. The van der Waals surface area contributed by atoms with E-state index in [4.69, 9.17) is 5.73 Å². The predicted octanol–water partition coefficient (Wildman–Crippen LogP) is 0.866. The lowest BCUT2D eigenvalue weighted by Gasteiger charge is -2.24. The number of nitrogens with one attached hydrogen (secondary N) is 2. The molecule has 1 aliphatic carbocycles. The second-order valence-corrected chi connectivity index (χ2v) is 4.07. The Balaban J connectivity index is 1.86. The molecule has 2 rings (SSSR count). The Morgan fingerprint density at radius 1 is 1.47 bits per heavy atom. The number of carbonyl (C=O) groups excluding carboxylic acids is 1. The van der Waals surface area contributed by atoms with Gasteiger partial charge in [0.2, 0.25) is 5.91 Å². The number of amides is 1. The van der Waals surface area contributed by atoms with Crippen molar-refractivity contribution in [1.29, 1.82) is 0 Å². The van der Waals surface area contributed by atoms with Gasteiger partial charge in [-0.25, -0.2) is 0 Å². The maximum atomic E-state index is 11.8. The third-order valence-corrected chi connectivity index (χ3v) is 2.90. The zero-order valence-corrected chi connectivity index (χ0v) is 8.57. The molecule has 15 heavy (non-hydrogen) atoms. The van der Waals surface area contributed by atoms with Crippen LogP contribution in [-0.4, -0.2) is 22.1 Å². The molecule has 4 N–H and O–H groups in total. The van der Waals surface area contributed by atoms with Crippen LogP contribution < -0.4 is 11.1 Å². The summed E-state index contributed by atoms with van der Waals surface area (Å²) in [6.45, 7) is 0. The van der Waals surface area contributed by atoms with Gasteiger partial charge in [0.05, 0.1) is 6.20 Å².